The predicted molar refractivity (Wildman–Crippen MR) is 81.6 cm³/mol. The molecule has 1 spiro atoms. The zero-order valence-corrected chi connectivity index (χ0v) is 13.8. The van der Waals surface area contributed by atoms with Crippen molar-refractivity contribution in [1.29, 1.82) is 0 Å². The summed E-state index contributed by atoms with van der Waals surface area (Å²) >= 11 is 10.2. The minimum Gasteiger partial charge on any atom is -0.363 e. The lowest BCUT2D eigenvalue weighted by molar-refractivity contribution is -0.0340. The molecular formula is C15H22BrClO. The van der Waals surface area contributed by atoms with Crippen molar-refractivity contribution in [1.82, 2.24) is 0 Å². The van der Waals surface area contributed by atoms with E-state index >= 15 is 0 Å². The van der Waals surface area contributed by atoms with Crippen LogP contribution in [0, 0.1) is 0 Å². The van der Waals surface area contributed by atoms with Crippen LogP contribution in [0.25, 0.3) is 0 Å². The van der Waals surface area contributed by atoms with Gasteiger partial charge in [-0.05, 0) is 45.6 Å². The van der Waals surface area contributed by atoms with Crippen molar-refractivity contribution in [2.45, 2.75) is 67.9 Å². The highest BCUT2D eigenvalue weighted by Crippen LogP contribution is 2.51. The topological polar surface area (TPSA) is 9.23 Å². The SMILES string of the molecule is C=C1CC(C=C(C)C)OC12CCC(C)(Cl)C(Br)C2. The number of ether oxygens (including phenoxy) is 1. The molecule has 4 atom stereocenters. The van der Waals surface area contributed by atoms with Crippen LogP contribution >= 0.6 is 27.5 Å². The van der Waals surface area contributed by atoms with Crippen LogP contribution in [0.4, 0.5) is 0 Å². The van der Waals surface area contributed by atoms with Crippen LogP contribution in [0.1, 0.15) is 46.5 Å². The largest absolute Gasteiger partial charge is 0.363 e. The Labute approximate surface area is 124 Å². The summed E-state index contributed by atoms with van der Waals surface area (Å²) < 4.78 is 6.31. The lowest BCUT2D eigenvalue weighted by Crippen LogP contribution is -2.46. The monoisotopic (exact) mass is 332 g/mol. The third-order valence-electron chi connectivity index (χ3n) is 4.17. The van der Waals surface area contributed by atoms with E-state index in [-0.39, 0.29) is 21.4 Å². The maximum atomic E-state index is 6.51. The molecule has 0 radical (unpaired) electrons. The maximum absolute atomic E-state index is 6.51. The van der Waals surface area contributed by atoms with E-state index in [0.29, 0.717) is 0 Å². The molecule has 4 unspecified atom stereocenters. The number of rotatable bonds is 1. The van der Waals surface area contributed by atoms with Gasteiger partial charge in [0, 0.05) is 11.2 Å². The Morgan fingerprint density at radius 2 is 2.17 bits per heavy atom. The van der Waals surface area contributed by atoms with Crippen molar-refractivity contribution >= 4 is 27.5 Å². The van der Waals surface area contributed by atoms with E-state index in [1.54, 1.807) is 0 Å². The van der Waals surface area contributed by atoms with Crippen LogP contribution in [-0.4, -0.2) is 21.4 Å². The smallest absolute Gasteiger partial charge is 0.0910 e. The first-order valence-corrected chi connectivity index (χ1v) is 7.89. The minimum absolute atomic E-state index is 0.154. The molecule has 1 nitrogen and oxygen atoms in total. The van der Waals surface area contributed by atoms with Crippen LogP contribution in [0.2, 0.25) is 0 Å². The third-order valence-corrected chi connectivity index (χ3v) is 6.22. The average molecular weight is 334 g/mol. The van der Waals surface area contributed by atoms with Crippen LogP contribution < -0.4 is 0 Å². The van der Waals surface area contributed by atoms with E-state index in [2.05, 4.69) is 49.4 Å². The second-order valence-corrected chi connectivity index (χ2v) is 8.12. The fraction of sp³-hybridized carbons (Fsp3) is 0.733. The quantitative estimate of drug-likeness (QED) is 0.485. The summed E-state index contributed by atoms with van der Waals surface area (Å²) in [5.74, 6) is 0. The molecule has 1 saturated heterocycles. The molecule has 0 aromatic carbocycles. The Bertz CT molecular complexity index is 384. The van der Waals surface area contributed by atoms with Crippen LogP contribution in [0.5, 0.6) is 0 Å². The molecule has 2 aliphatic rings. The fourth-order valence-corrected chi connectivity index (χ4v) is 3.87. The zero-order valence-electron chi connectivity index (χ0n) is 11.4. The maximum Gasteiger partial charge on any atom is 0.0910 e. The van der Waals surface area contributed by atoms with Gasteiger partial charge >= 0.3 is 0 Å². The molecule has 2 rings (SSSR count). The fourth-order valence-electron chi connectivity index (χ4n) is 2.94. The highest BCUT2D eigenvalue weighted by Gasteiger charge is 2.51. The number of alkyl halides is 2. The van der Waals surface area contributed by atoms with Crippen LogP contribution in [-0.2, 0) is 4.74 Å². The summed E-state index contributed by atoms with van der Waals surface area (Å²) in [5.41, 5.74) is 2.39. The highest BCUT2D eigenvalue weighted by atomic mass is 79.9. The van der Waals surface area contributed by atoms with Gasteiger partial charge in [-0.2, -0.15) is 0 Å². The van der Waals surface area contributed by atoms with Crippen molar-refractivity contribution in [3.05, 3.63) is 23.8 Å². The normalized spacial score (nSPS) is 44.4. The van der Waals surface area contributed by atoms with E-state index in [0.717, 1.165) is 25.7 Å². The summed E-state index contributed by atoms with van der Waals surface area (Å²) in [6.07, 6.45) is 6.23. The van der Waals surface area contributed by atoms with Crippen LogP contribution in [0.15, 0.2) is 23.8 Å². The molecule has 0 aromatic heterocycles. The molecule has 1 saturated carbocycles. The molecule has 18 heavy (non-hydrogen) atoms. The standard InChI is InChI=1S/C15H22BrClO/c1-10(2)7-12-8-11(3)15(18-12)6-5-14(4,17)13(16)9-15/h7,12-13H,3,5-6,8-9H2,1-2,4H3. The Kier molecular flexibility index (Phi) is 4.02. The molecule has 0 amide bonds. The molecule has 3 heteroatoms. The van der Waals surface area contributed by atoms with E-state index < -0.39 is 0 Å². The van der Waals surface area contributed by atoms with Gasteiger partial charge in [-0.1, -0.05) is 34.2 Å². The zero-order chi connectivity index (χ0) is 13.6. The molecule has 102 valence electrons. The molecule has 0 aromatic rings. The van der Waals surface area contributed by atoms with Crippen molar-refractivity contribution in [2.75, 3.05) is 0 Å². The minimum atomic E-state index is -0.163. The van der Waals surface area contributed by atoms with Crippen molar-refractivity contribution in [2.24, 2.45) is 0 Å². The number of hydrogen-bond acceptors (Lipinski definition) is 1. The Balaban J connectivity index is 2.14. The molecule has 2 fully saturated rings. The van der Waals surface area contributed by atoms with Crippen molar-refractivity contribution in [3.8, 4) is 0 Å². The van der Waals surface area contributed by atoms with Gasteiger partial charge in [0.2, 0.25) is 0 Å². The van der Waals surface area contributed by atoms with Gasteiger partial charge < -0.3 is 4.74 Å². The van der Waals surface area contributed by atoms with E-state index in [9.17, 15) is 0 Å². The van der Waals surface area contributed by atoms with E-state index in [4.69, 9.17) is 16.3 Å². The van der Waals surface area contributed by atoms with Gasteiger partial charge in [-0.3, -0.25) is 0 Å². The Morgan fingerprint density at radius 3 is 2.72 bits per heavy atom. The molecule has 1 heterocycles. The summed E-state index contributed by atoms with van der Waals surface area (Å²) in [7, 11) is 0. The Hall–Kier alpha value is 0.210. The summed E-state index contributed by atoms with van der Waals surface area (Å²) in [4.78, 5) is 0.117. The second kappa shape index (κ2) is 4.96. The lowest BCUT2D eigenvalue weighted by atomic mass is 9.75. The van der Waals surface area contributed by atoms with Gasteiger partial charge in [0.25, 0.3) is 0 Å². The lowest BCUT2D eigenvalue weighted by Gasteiger charge is -2.43. The summed E-state index contributed by atoms with van der Waals surface area (Å²) in [6, 6.07) is 0. The van der Waals surface area contributed by atoms with Crippen molar-refractivity contribution < 1.29 is 4.74 Å². The van der Waals surface area contributed by atoms with Gasteiger partial charge in [0.15, 0.2) is 0 Å². The molecule has 0 bridgehead atoms. The molecular weight excluding hydrogens is 312 g/mol. The molecule has 0 N–H and O–H groups in total. The van der Waals surface area contributed by atoms with E-state index in [1.807, 2.05) is 0 Å². The summed E-state index contributed by atoms with van der Waals surface area (Å²) in [5, 5.41) is 0. The number of halogens is 2. The molecule has 1 aliphatic carbocycles. The number of hydrogen-bond donors (Lipinski definition) is 0. The van der Waals surface area contributed by atoms with Crippen LogP contribution in [0.3, 0.4) is 0 Å². The average Bonchev–Trinajstić information content (AvgIpc) is 2.50. The Morgan fingerprint density at radius 1 is 1.50 bits per heavy atom. The first kappa shape index (κ1) is 14.6. The van der Waals surface area contributed by atoms with Gasteiger partial charge in [0.1, 0.15) is 0 Å². The number of allylic oxidation sites excluding steroid dienone is 1. The van der Waals surface area contributed by atoms with Gasteiger partial charge in [0.05, 0.1) is 16.6 Å². The van der Waals surface area contributed by atoms with E-state index in [1.165, 1.54) is 11.1 Å². The summed E-state index contributed by atoms with van der Waals surface area (Å²) in [6.45, 7) is 10.6. The van der Waals surface area contributed by atoms with Crippen molar-refractivity contribution in [3.63, 3.8) is 0 Å². The highest BCUT2D eigenvalue weighted by molar-refractivity contribution is 9.09. The first-order chi connectivity index (χ1) is 8.25. The second-order valence-electron chi connectivity index (χ2n) is 6.15. The first-order valence-electron chi connectivity index (χ1n) is 6.59. The van der Waals surface area contributed by atoms with Gasteiger partial charge in [-0.25, -0.2) is 0 Å². The van der Waals surface area contributed by atoms with Gasteiger partial charge in [-0.15, -0.1) is 11.6 Å². The molecule has 1 aliphatic heterocycles. The third kappa shape index (κ3) is 2.71. The predicted octanol–water partition coefficient (Wildman–Crippen LogP) is 4.98.